The molecule has 0 bridgehead atoms. The number of benzene rings is 1. The molecule has 0 N–H and O–H groups in total. The first-order valence-corrected chi connectivity index (χ1v) is 8.74. The maximum Gasteiger partial charge on any atom is 0.122 e. The molecule has 1 aromatic carbocycles. The van der Waals surface area contributed by atoms with Crippen molar-refractivity contribution in [1.82, 2.24) is 0 Å². The van der Waals surface area contributed by atoms with E-state index in [0.717, 1.165) is 25.4 Å². The van der Waals surface area contributed by atoms with Gasteiger partial charge in [-0.2, -0.15) is 0 Å². The molecule has 0 unspecified atom stereocenters. The van der Waals surface area contributed by atoms with Crippen LogP contribution in [0.4, 0.5) is 0 Å². The summed E-state index contributed by atoms with van der Waals surface area (Å²) in [6.07, 6.45) is 7.40. The van der Waals surface area contributed by atoms with Gasteiger partial charge in [-0.25, -0.2) is 0 Å². The van der Waals surface area contributed by atoms with Gasteiger partial charge in [-0.15, -0.1) is 0 Å². The predicted octanol–water partition coefficient (Wildman–Crippen LogP) is 5.52. The van der Waals surface area contributed by atoms with E-state index in [-0.39, 0.29) is 5.41 Å². The molecule has 126 valence electrons. The second-order valence-corrected chi connectivity index (χ2v) is 6.99. The first-order chi connectivity index (χ1) is 10.5. The number of ether oxygens (including phenoxy) is 2. The highest BCUT2D eigenvalue weighted by Gasteiger charge is 2.15. The van der Waals surface area contributed by atoms with Crippen LogP contribution in [0, 0.1) is 0 Å². The Labute approximate surface area is 137 Å². The number of rotatable bonds is 10. The molecule has 0 radical (unpaired) electrons. The first kappa shape index (κ1) is 19.0. The lowest BCUT2D eigenvalue weighted by Crippen LogP contribution is -2.11. The molecule has 0 aliphatic carbocycles. The zero-order valence-corrected chi connectivity index (χ0v) is 15.2. The monoisotopic (exact) mass is 306 g/mol. The fourth-order valence-corrected chi connectivity index (χ4v) is 2.63. The Morgan fingerprint density at radius 2 is 1.64 bits per heavy atom. The lowest BCUT2D eigenvalue weighted by molar-refractivity contribution is 0.143. The van der Waals surface area contributed by atoms with Crippen molar-refractivity contribution in [1.29, 1.82) is 0 Å². The normalized spacial score (nSPS) is 11.7. The second-order valence-electron chi connectivity index (χ2n) is 6.99. The van der Waals surface area contributed by atoms with Gasteiger partial charge in [0.25, 0.3) is 0 Å². The van der Waals surface area contributed by atoms with Crippen molar-refractivity contribution >= 4 is 0 Å². The van der Waals surface area contributed by atoms with Crippen LogP contribution in [-0.4, -0.2) is 20.3 Å². The summed E-state index contributed by atoms with van der Waals surface area (Å²) in [5.74, 6) is 1.03. The average molecular weight is 306 g/mol. The van der Waals surface area contributed by atoms with Gasteiger partial charge in [0.05, 0.1) is 7.11 Å². The lowest BCUT2D eigenvalue weighted by Gasteiger charge is -2.21. The standard InChI is InChI=1S/C20H34O2/c1-6-22-15-11-9-7-8-10-12-17-16-18(20(2,3)4)13-14-19(17)21-5/h13-14,16H,6-12,15H2,1-5H3. The molecule has 0 aliphatic heterocycles. The van der Waals surface area contributed by atoms with Crippen LogP contribution >= 0.6 is 0 Å². The van der Waals surface area contributed by atoms with Crippen molar-refractivity contribution in [2.45, 2.75) is 71.6 Å². The summed E-state index contributed by atoms with van der Waals surface area (Å²) in [6.45, 7) is 10.6. The number of methoxy groups -OCH3 is 1. The summed E-state index contributed by atoms with van der Waals surface area (Å²) >= 11 is 0. The van der Waals surface area contributed by atoms with E-state index < -0.39 is 0 Å². The molecule has 0 spiro atoms. The van der Waals surface area contributed by atoms with Crippen LogP contribution in [0.5, 0.6) is 5.75 Å². The third-order valence-electron chi connectivity index (χ3n) is 4.09. The Hall–Kier alpha value is -1.02. The molecule has 0 aromatic heterocycles. The fraction of sp³-hybridized carbons (Fsp3) is 0.700. The van der Waals surface area contributed by atoms with Crippen molar-refractivity contribution in [3.63, 3.8) is 0 Å². The zero-order chi connectivity index (χ0) is 16.4. The molecule has 22 heavy (non-hydrogen) atoms. The van der Waals surface area contributed by atoms with E-state index in [1.165, 1.54) is 43.2 Å². The number of hydrogen-bond acceptors (Lipinski definition) is 2. The Morgan fingerprint density at radius 3 is 2.27 bits per heavy atom. The smallest absolute Gasteiger partial charge is 0.122 e. The quantitative estimate of drug-likeness (QED) is 0.530. The second kappa shape index (κ2) is 9.89. The Kier molecular flexibility index (Phi) is 8.55. The molecule has 0 amide bonds. The number of unbranched alkanes of at least 4 members (excludes halogenated alkanes) is 4. The molecule has 0 heterocycles. The minimum atomic E-state index is 0.195. The summed E-state index contributed by atoms with van der Waals surface area (Å²) in [5.41, 5.74) is 2.93. The van der Waals surface area contributed by atoms with Crippen molar-refractivity contribution < 1.29 is 9.47 Å². The summed E-state index contributed by atoms with van der Waals surface area (Å²) in [4.78, 5) is 0. The van der Waals surface area contributed by atoms with E-state index in [1.807, 2.05) is 0 Å². The summed E-state index contributed by atoms with van der Waals surface area (Å²) in [5, 5.41) is 0. The molecule has 0 saturated carbocycles. The van der Waals surface area contributed by atoms with Gasteiger partial charge in [-0.05, 0) is 48.8 Å². The van der Waals surface area contributed by atoms with E-state index in [0.29, 0.717) is 0 Å². The van der Waals surface area contributed by atoms with Gasteiger partial charge in [0.2, 0.25) is 0 Å². The third-order valence-corrected chi connectivity index (χ3v) is 4.09. The predicted molar refractivity (Wildman–Crippen MR) is 95.0 cm³/mol. The maximum atomic E-state index is 5.52. The van der Waals surface area contributed by atoms with E-state index in [2.05, 4.69) is 45.9 Å². The highest BCUT2D eigenvalue weighted by Crippen LogP contribution is 2.29. The first-order valence-electron chi connectivity index (χ1n) is 8.74. The molecule has 2 heteroatoms. The van der Waals surface area contributed by atoms with E-state index >= 15 is 0 Å². The van der Waals surface area contributed by atoms with Crippen molar-refractivity contribution in [3.8, 4) is 5.75 Å². The highest BCUT2D eigenvalue weighted by atomic mass is 16.5. The van der Waals surface area contributed by atoms with E-state index in [1.54, 1.807) is 7.11 Å². The summed E-state index contributed by atoms with van der Waals surface area (Å²) < 4.78 is 10.9. The van der Waals surface area contributed by atoms with Gasteiger partial charge in [0.15, 0.2) is 0 Å². The van der Waals surface area contributed by atoms with Crippen molar-refractivity contribution in [2.75, 3.05) is 20.3 Å². The fourth-order valence-electron chi connectivity index (χ4n) is 2.63. The Bertz CT molecular complexity index is 418. The largest absolute Gasteiger partial charge is 0.496 e. The maximum absolute atomic E-state index is 5.52. The summed E-state index contributed by atoms with van der Waals surface area (Å²) in [6, 6.07) is 6.64. The molecular weight excluding hydrogens is 272 g/mol. The van der Waals surface area contributed by atoms with Crippen molar-refractivity contribution in [2.24, 2.45) is 0 Å². The lowest BCUT2D eigenvalue weighted by atomic mass is 9.85. The van der Waals surface area contributed by atoms with Crippen LogP contribution in [0.15, 0.2) is 18.2 Å². The van der Waals surface area contributed by atoms with Gasteiger partial charge < -0.3 is 9.47 Å². The van der Waals surface area contributed by atoms with Crippen LogP contribution < -0.4 is 4.74 Å². The number of hydrogen-bond donors (Lipinski definition) is 0. The Balaban J connectivity index is 2.41. The average Bonchev–Trinajstić information content (AvgIpc) is 2.48. The summed E-state index contributed by atoms with van der Waals surface area (Å²) in [7, 11) is 1.77. The molecule has 0 saturated heterocycles. The minimum Gasteiger partial charge on any atom is -0.496 e. The van der Waals surface area contributed by atoms with Crippen LogP contribution in [-0.2, 0) is 16.6 Å². The molecule has 0 atom stereocenters. The Morgan fingerprint density at radius 1 is 0.955 bits per heavy atom. The van der Waals surface area contributed by atoms with Gasteiger partial charge in [0.1, 0.15) is 5.75 Å². The molecule has 1 rings (SSSR count). The molecule has 0 fully saturated rings. The topological polar surface area (TPSA) is 18.5 Å². The molecular formula is C20H34O2. The van der Waals surface area contributed by atoms with Gasteiger partial charge in [-0.1, -0.05) is 52.2 Å². The molecule has 2 nitrogen and oxygen atoms in total. The highest BCUT2D eigenvalue weighted by molar-refractivity contribution is 5.39. The third kappa shape index (κ3) is 6.83. The van der Waals surface area contributed by atoms with E-state index in [4.69, 9.17) is 9.47 Å². The van der Waals surface area contributed by atoms with Crippen LogP contribution in [0.3, 0.4) is 0 Å². The zero-order valence-electron chi connectivity index (χ0n) is 15.2. The molecule has 0 aliphatic rings. The van der Waals surface area contributed by atoms with Gasteiger partial charge in [0, 0.05) is 13.2 Å². The molecule has 1 aromatic rings. The van der Waals surface area contributed by atoms with Crippen LogP contribution in [0.1, 0.15) is 70.9 Å². The van der Waals surface area contributed by atoms with Crippen LogP contribution in [0.25, 0.3) is 0 Å². The van der Waals surface area contributed by atoms with Gasteiger partial charge >= 0.3 is 0 Å². The van der Waals surface area contributed by atoms with Gasteiger partial charge in [-0.3, -0.25) is 0 Å². The SMILES string of the molecule is CCOCCCCCCCc1cc(C(C)(C)C)ccc1OC. The van der Waals surface area contributed by atoms with E-state index in [9.17, 15) is 0 Å². The minimum absolute atomic E-state index is 0.195. The van der Waals surface area contributed by atoms with Crippen molar-refractivity contribution in [3.05, 3.63) is 29.3 Å². The van der Waals surface area contributed by atoms with Crippen LogP contribution in [0.2, 0.25) is 0 Å². The number of aryl methyl sites for hydroxylation is 1.